The molecule has 0 aromatic carbocycles. The maximum atomic E-state index is 3.65. The molecule has 0 spiro atoms. The molecule has 0 unspecified atom stereocenters. The minimum absolute atomic E-state index is 1.16. The molecule has 0 saturated carbocycles. The van der Waals surface area contributed by atoms with Crippen LogP contribution in [0.5, 0.6) is 0 Å². The van der Waals surface area contributed by atoms with Gasteiger partial charge in [0, 0.05) is 0 Å². The summed E-state index contributed by atoms with van der Waals surface area (Å²) < 4.78 is 0. The quantitative estimate of drug-likeness (QED) is 0.386. The fraction of sp³-hybridized carbons (Fsp3) is 0.625. The molecule has 47 valence electrons. The first-order chi connectivity index (χ1) is 3.77. The lowest BCUT2D eigenvalue weighted by Crippen LogP contribution is -1.81. The molecular weight excluding hydrogens is 96.1 g/mol. The molecular formula is C8H15. The van der Waals surface area contributed by atoms with Gasteiger partial charge in [0.1, 0.15) is 0 Å². The van der Waals surface area contributed by atoms with Crippen LogP contribution >= 0.6 is 0 Å². The van der Waals surface area contributed by atoms with Crippen LogP contribution in [0.15, 0.2) is 12.7 Å². The summed E-state index contributed by atoms with van der Waals surface area (Å²) >= 11 is 0. The van der Waals surface area contributed by atoms with Gasteiger partial charge in [0.15, 0.2) is 0 Å². The second kappa shape index (κ2) is 4.89. The van der Waals surface area contributed by atoms with Crippen molar-refractivity contribution in [2.24, 2.45) is 0 Å². The van der Waals surface area contributed by atoms with Crippen LogP contribution in [-0.4, -0.2) is 0 Å². The summed E-state index contributed by atoms with van der Waals surface area (Å²) in [6, 6.07) is 0. The van der Waals surface area contributed by atoms with Gasteiger partial charge < -0.3 is 0 Å². The smallest absolute Gasteiger partial charge is 0.0303 e. The number of hydrogen-bond acceptors (Lipinski definition) is 0. The van der Waals surface area contributed by atoms with E-state index in [0.717, 1.165) is 6.42 Å². The van der Waals surface area contributed by atoms with Crippen molar-refractivity contribution in [3.8, 4) is 0 Å². The van der Waals surface area contributed by atoms with Gasteiger partial charge in [-0.3, -0.25) is 0 Å². The lowest BCUT2D eigenvalue weighted by molar-refractivity contribution is 0.761. The van der Waals surface area contributed by atoms with Gasteiger partial charge in [-0.15, -0.1) is 6.58 Å². The maximum Gasteiger partial charge on any atom is -0.0303 e. The van der Waals surface area contributed by atoms with E-state index >= 15 is 0 Å². The zero-order valence-electron chi connectivity index (χ0n) is 5.91. The summed E-state index contributed by atoms with van der Waals surface area (Å²) in [6.07, 6.45) is 5.66. The summed E-state index contributed by atoms with van der Waals surface area (Å²) in [5.41, 5.74) is 0. The summed E-state index contributed by atoms with van der Waals surface area (Å²) in [5, 5.41) is 0. The molecule has 0 nitrogen and oxygen atoms in total. The van der Waals surface area contributed by atoms with E-state index in [-0.39, 0.29) is 0 Å². The van der Waals surface area contributed by atoms with Crippen molar-refractivity contribution in [3.63, 3.8) is 0 Å². The Kier molecular flexibility index (Phi) is 4.73. The largest absolute Gasteiger partial charge is 0.103 e. The van der Waals surface area contributed by atoms with Gasteiger partial charge in [-0.05, 0) is 25.2 Å². The lowest BCUT2D eigenvalue weighted by Gasteiger charge is -1.98. The first-order valence-corrected chi connectivity index (χ1v) is 3.17. The average molecular weight is 111 g/mol. The molecule has 0 amide bonds. The normalized spacial score (nSPS) is 9.88. The van der Waals surface area contributed by atoms with Gasteiger partial charge in [0.25, 0.3) is 0 Å². The zero-order chi connectivity index (χ0) is 6.41. The van der Waals surface area contributed by atoms with Crippen molar-refractivity contribution < 1.29 is 0 Å². The van der Waals surface area contributed by atoms with Crippen LogP contribution < -0.4 is 0 Å². The number of allylic oxidation sites excluding steroid dienone is 1. The predicted octanol–water partition coefficient (Wildman–Crippen LogP) is 2.96. The van der Waals surface area contributed by atoms with Crippen molar-refractivity contribution >= 4 is 0 Å². The standard InChI is InChI=1S/C8H15/c1-4-5-6-7-8(2)3/h4H,1,5-7H2,2-3H3. The van der Waals surface area contributed by atoms with E-state index in [2.05, 4.69) is 20.4 Å². The van der Waals surface area contributed by atoms with E-state index in [1.165, 1.54) is 18.8 Å². The highest BCUT2D eigenvalue weighted by Crippen LogP contribution is 2.07. The maximum absolute atomic E-state index is 3.65. The highest BCUT2D eigenvalue weighted by atomic mass is 14.0. The molecule has 0 aliphatic rings. The van der Waals surface area contributed by atoms with Crippen molar-refractivity contribution in [3.05, 3.63) is 18.6 Å². The Morgan fingerprint density at radius 3 is 2.50 bits per heavy atom. The molecule has 0 N–H and O–H groups in total. The Bertz CT molecular complexity index is 53.1. The van der Waals surface area contributed by atoms with E-state index in [4.69, 9.17) is 0 Å². The van der Waals surface area contributed by atoms with Crippen LogP contribution in [0.25, 0.3) is 0 Å². The third-order valence-electron chi connectivity index (χ3n) is 1.09. The highest BCUT2D eigenvalue weighted by Gasteiger charge is 1.90. The molecule has 0 heterocycles. The molecule has 1 radical (unpaired) electrons. The summed E-state index contributed by atoms with van der Waals surface area (Å²) in [7, 11) is 0. The monoisotopic (exact) mass is 111 g/mol. The zero-order valence-corrected chi connectivity index (χ0v) is 5.91. The summed E-state index contributed by atoms with van der Waals surface area (Å²) in [6.45, 7) is 7.99. The van der Waals surface area contributed by atoms with Gasteiger partial charge in [0.2, 0.25) is 0 Å². The first-order valence-electron chi connectivity index (χ1n) is 3.17. The molecule has 0 bridgehead atoms. The van der Waals surface area contributed by atoms with Crippen LogP contribution in [0, 0.1) is 5.92 Å². The minimum Gasteiger partial charge on any atom is -0.103 e. The Balaban J connectivity index is 2.81. The second-order valence-electron chi connectivity index (χ2n) is 2.39. The van der Waals surface area contributed by atoms with E-state index in [1.54, 1.807) is 0 Å². The molecule has 8 heavy (non-hydrogen) atoms. The fourth-order valence-corrected chi connectivity index (χ4v) is 0.600. The van der Waals surface area contributed by atoms with Crippen LogP contribution in [0.3, 0.4) is 0 Å². The van der Waals surface area contributed by atoms with E-state index in [0.29, 0.717) is 0 Å². The van der Waals surface area contributed by atoms with Crippen molar-refractivity contribution in [1.29, 1.82) is 0 Å². The summed E-state index contributed by atoms with van der Waals surface area (Å²) in [5.74, 6) is 1.52. The third-order valence-corrected chi connectivity index (χ3v) is 1.09. The Hall–Kier alpha value is -0.260. The highest BCUT2D eigenvalue weighted by molar-refractivity contribution is 4.78. The van der Waals surface area contributed by atoms with Gasteiger partial charge in [-0.25, -0.2) is 0 Å². The third kappa shape index (κ3) is 5.74. The molecule has 0 fully saturated rings. The topological polar surface area (TPSA) is 0 Å². The van der Waals surface area contributed by atoms with Crippen LogP contribution in [-0.2, 0) is 0 Å². The van der Waals surface area contributed by atoms with E-state index in [1.807, 2.05) is 6.08 Å². The fourth-order valence-electron chi connectivity index (χ4n) is 0.600. The van der Waals surface area contributed by atoms with Gasteiger partial charge in [-0.1, -0.05) is 19.9 Å². The SMILES string of the molecule is C=CCCC[C](C)C. The molecule has 0 rings (SSSR count). The molecule has 0 heteroatoms. The average Bonchev–Trinajstić information content (AvgIpc) is 1.66. The molecule has 0 saturated heterocycles. The molecule has 0 atom stereocenters. The molecule has 0 aromatic heterocycles. The predicted molar refractivity (Wildman–Crippen MR) is 38.6 cm³/mol. The molecule has 0 aromatic rings. The van der Waals surface area contributed by atoms with Crippen LogP contribution in [0.1, 0.15) is 33.1 Å². The summed E-state index contributed by atoms with van der Waals surface area (Å²) in [4.78, 5) is 0. The van der Waals surface area contributed by atoms with Crippen LogP contribution in [0.2, 0.25) is 0 Å². The molecule has 0 aliphatic heterocycles. The minimum atomic E-state index is 1.16. The number of rotatable bonds is 4. The van der Waals surface area contributed by atoms with E-state index < -0.39 is 0 Å². The van der Waals surface area contributed by atoms with Crippen molar-refractivity contribution in [1.82, 2.24) is 0 Å². The second-order valence-corrected chi connectivity index (χ2v) is 2.39. The first kappa shape index (κ1) is 7.74. The number of hydrogen-bond donors (Lipinski definition) is 0. The van der Waals surface area contributed by atoms with Gasteiger partial charge in [-0.2, -0.15) is 0 Å². The number of unbranched alkanes of at least 4 members (excludes halogenated alkanes) is 1. The van der Waals surface area contributed by atoms with Gasteiger partial charge >= 0.3 is 0 Å². The van der Waals surface area contributed by atoms with Gasteiger partial charge in [0.05, 0.1) is 0 Å². The Labute approximate surface area is 52.6 Å². The van der Waals surface area contributed by atoms with Crippen molar-refractivity contribution in [2.75, 3.05) is 0 Å². The van der Waals surface area contributed by atoms with Crippen molar-refractivity contribution in [2.45, 2.75) is 33.1 Å². The van der Waals surface area contributed by atoms with E-state index in [9.17, 15) is 0 Å². The molecule has 0 aliphatic carbocycles. The Morgan fingerprint density at radius 2 is 2.12 bits per heavy atom. The Morgan fingerprint density at radius 1 is 1.50 bits per heavy atom. The van der Waals surface area contributed by atoms with Crippen LogP contribution in [0.4, 0.5) is 0 Å². The lowest BCUT2D eigenvalue weighted by atomic mass is 10.1.